The summed E-state index contributed by atoms with van der Waals surface area (Å²) in [5, 5.41) is 7.44. The minimum Gasteiger partial charge on any atom is -0.497 e. The molecule has 0 aromatic heterocycles. The molecule has 0 aliphatic carbocycles. The summed E-state index contributed by atoms with van der Waals surface area (Å²) in [6.07, 6.45) is 1.35. The van der Waals surface area contributed by atoms with Crippen LogP contribution in [-0.4, -0.2) is 125 Å². The number of likely N-dealkylation sites (tertiary alicyclic amines) is 1. The Morgan fingerprint density at radius 3 is 1.98 bits per heavy atom. The maximum absolute atomic E-state index is 14.1. The number of nitrogens with one attached hydrogen (secondary N) is 5. The number of Topliss-reactive ketones (excluding diaryl/α,β-unsaturated/α-hetero) is 4. The molecule has 1 aliphatic heterocycles. The Hall–Kier alpha value is -5.25. The van der Waals surface area contributed by atoms with Crippen molar-refractivity contribution in [3.8, 4) is 5.75 Å². The fourth-order valence-corrected chi connectivity index (χ4v) is 7.45. The lowest BCUT2D eigenvalue weighted by Gasteiger charge is -2.29. The van der Waals surface area contributed by atoms with Gasteiger partial charge in [0.25, 0.3) is 0 Å². The molecule has 6 amide bonds. The summed E-state index contributed by atoms with van der Waals surface area (Å²) >= 11 is 4.16. The maximum Gasteiger partial charge on any atom is 0.243 e. The molecule has 1 heterocycles. The van der Waals surface area contributed by atoms with Gasteiger partial charge in [-0.1, -0.05) is 59.6 Å². The molecule has 11 N–H and O–H groups in total. The first kappa shape index (κ1) is 55.9. The van der Waals surface area contributed by atoms with E-state index < -0.39 is 113 Å². The quantitative estimate of drug-likeness (QED) is 0.0257. The molecule has 2 rings (SSSR count). The molecule has 0 bridgehead atoms. The Kier molecular flexibility index (Phi) is 24.0. The highest BCUT2D eigenvalue weighted by Gasteiger charge is 2.42. The number of carbonyl (C=O) groups excluding carboxylic acids is 10. The van der Waals surface area contributed by atoms with Crippen LogP contribution in [0.5, 0.6) is 5.75 Å². The average molecular weight is 932 g/mol. The fraction of sp³-hybridized carbons (Fsp3) is 0.636. The monoisotopic (exact) mass is 931 g/mol. The van der Waals surface area contributed by atoms with Crippen LogP contribution in [0.1, 0.15) is 104 Å². The third-order valence-electron chi connectivity index (χ3n) is 11.1. The van der Waals surface area contributed by atoms with Crippen molar-refractivity contribution in [3.05, 3.63) is 29.8 Å². The van der Waals surface area contributed by atoms with Crippen LogP contribution in [0.3, 0.4) is 0 Å². The van der Waals surface area contributed by atoms with Crippen molar-refractivity contribution < 1.29 is 52.7 Å². The minimum atomic E-state index is -1.72. The summed E-state index contributed by atoms with van der Waals surface area (Å²) in [4.78, 5) is 134. The van der Waals surface area contributed by atoms with E-state index in [0.29, 0.717) is 37.0 Å². The molecular formula is C44H69N9O11S. The third kappa shape index (κ3) is 17.9. The topological polar surface area (TPSA) is 321 Å². The Morgan fingerprint density at radius 1 is 0.800 bits per heavy atom. The number of hydrogen-bond donors (Lipinski definition) is 9. The lowest BCUT2D eigenvalue weighted by molar-refractivity contribution is -0.145. The highest BCUT2D eigenvalue weighted by Crippen LogP contribution is 2.22. The van der Waals surface area contributed by atoms with Crippen LogP contribution in [0.15, 0.2) is 24.3 Å². The van der Waals surface area contributed by atoms with Gasteiger partial charge in [0.05, 0.1) is 37.7 Å². The zero-order valence-electron chi connectivity index (χ0n) is 38.3. The minimum absolute atomic E-state index is 0.0142. The van der Waals surface area contributed by atoms with Crippen LogP contribution in [-0.2, 0) is 54.4 Å². The van der Waals surface area contributed by atoms with Gasteiger partial charge >= 0.3 is 0 Å². The third-order valence-corrected chi connectivity index (χ3v) is 11.5. The van der Waals surface area contributed by atoms with Gasteiger partial charge in [0.15, 0.2) is 0 Å². The van der Waals surface area contributed by atoms with Crippen LogP contribution in [0, 0.1) is 11.8 Å². The molecule has 0 radical (unpaired) electrons. The van der Waals surface area contributed by atoms with Gasteiger partial charge < -0.3 is 42.8 Å². The molecule has 1 fully saturated rings. The molecular weight excluding hydrogens is 863 g/mol. The molecule has 0 spiro atoms. The molecule has 8 atom stereocenters. The number of hydrazine groups is 1. The first-order valence-corrected chi connectivity index (χ1v) is 22.8. The van der Waals surface area contributed by atoms with Gasteiger partial charge in [-0.25, -0.2) is 10.9 Å². The van der Waals surface area contributed by atoms with Gasteiger partial charge in [0.1, 0.15) is 23.9 Å². The lowest BCUT2D eigenvalue weighted by Crippen LogP contribution is -2.61. The van der Waals surface area contributed by atoms with Gasteiger partial charge in [-0.15, -0.1) is 0 Å². The van der Waals surface area contributed by atoms with Crippen molar-refractivity contribution >= 4 is 71.2 Å². The standard InChI is InChI=1S/C44H69N9O11S/c1-7-9-12-36(56)48-30(21-26-13-15-27(64-6)16-14-26)38(57)41(60)37(25(5)8-2)52-51-29(17-18-34(46)54)42(61)49-31(22-35(47)55)43(62)50-32(23-65)39(58)40(59)33-11-10-19-53(33)44(63)28(45)20-24(3)4/h13-16,24-25,28-33,37,51-52,65H,7-12,17-23,45H2,1-6H3,(H2,46,54)(H2,47,55)(H,48,56)(H,49,61)(H,50,62)/t25-,28-,29-,30?,31-,32-,33-,37?/m0/s1. The first-order valence-electron chi connectivity index (χ1n) is 22.1. The van der Waals surface area contributed by atoms with Crippen LogP contribution >= 0.6 is 12.6 Å². The molecule has 20 nitrogen and oxygen atoms in total. The maximum atomic E-state index is 14.1. The van der Waals surface area contributed by atoms with Gasteiger partial charge in [-0.3, -0.25) is 47.9 Å². The zero-order valence-corrected chi connectivity index (χ0v) is 39.2. The van der Waals surface area contributed by atoms with Crippen LogP contribution in [0.25, 0.3) is 0 Å². The van der Waals surface area contributed by atoms with Gasteiger partial charge in [-0.2, -0.15) is 12.6 Å². The molecule has 362 valence electrons. The second kappa shape index (κ2) is 27.9. The fourth-order valence-electron chi connectivity index (χ4n) is 7.19. The summed E-state index contributed by atoms with van der Waals surface area (Å²) in [5.41, 5.74) is 23.0. The average Bonchev–Trinajstić information content (AvgIpc) is 3.76. The van der Waals surface area contributed by atoms with E-state index in [1.54, 1.807) is 38.1 Å². The second-order valence-electron chi connectivity index (χ2n) is 16.8. The molecule has 1 aromatic carbocycles. The number of amides is 6. The number of nitrogens with two attached hydrogens (primary N) is 3. The van der Waals surface area contributed by atoms with Crippen molar-refractivity contribution in [1.29, 1.82) is 0 Å². The van der Waals surface area contributed by atoms with E-state index in [-0.39, 0.29) is 50.3 Å². The zero-order chi connectivity index (χ0) is 49.0. The molecule has 1 aromatic rings. The number of primary amides is 2. The van der Waals surface area contributed by atoms with E-state index in [0.717, 1.165) is 6.42 Å². The Labute approximate surface area is 386 Å². The van der Waals surface area contributed by atoms with Crippen LogP contribution in [0.4, 0.5) is 0 Å². The number of benzene rings is 1. The predicted molar refractivity (Wildman–Crippen MR) is 244 cm³/mol. The van der Waals surface area contributed by atoms with Gasteiger partial charge in [0.2, 0.25) is 58.6 Å². The summed E-state index contributed by atoms with van der Waals surface area (Å²) < 4.78 is 5.22. The predicted octanol–water partition coefficient (Wildman–Crippen LogP) is -0.529. The second-order valence-corrected chi connectivity index (χ2v) is 17.2. The lowest BCUT2D eigenvalue weighted by atomic mass is 9.90. The normalized spacial score (nSPS) is 16.8. The van der Waals surface area contributed by atoms with Crippen molar-refractivity contribution in [2.45, 2.75) is 148 Å². The number of hydrogen-bond acceptors (Lipinski definition) is 15. The van der Waals surface area contributed by atoms with E-state index in [1.165, 1.54) is 12.0 Å². The summed E-state index contributed by atoms with van der Waals surface area (Å²) in [5.74, 6) is -8.85. The largest absolute Gasteiger partial charge is 0.497 e. The van der Waals surface area contributed by atoms with E-state index in [9.17, 15) is 47.9 Å². The van der Waals surface area contributed by atoms with Crippen LogP contribution in [0.2, 0.25) is 0 Å². The number of rotatable bonds is 31. The Morgan fingerprint density at radius 2 is 1.43 bits per heavy atom. The summed E-state index contributed by atoms with van der Waals surface area (Å²) in [7, 11) is 1.50. The van der Waals surface area contributed by atoms with Gasteiger partial charge in [0, 0.05) is 31.6 Å². The molecule has 65 heavy (non-hydrogen) atoms. The number of ketones is 4. The number of carbonyl (C=O) groups is 10. The number of unbranched alkanes of at least 4 members (excludes halogenated alkanes) is 1. The Bertz CT molecular complexity index is 1850. The number of ether oxygens (including phenoxy) is 1. The highest BCUT2D eigenvalue weighted by atomic mass is 32.1. The summed E-state index contributed by atoms with van der Waals surface area (Å²) in [6, 6.07) is -2.42. The van der Waals surface area contributed by atoms with Crippen LogP contribution < -0.4 is 48.7 Å². The molecule has 1 saturated heterocycles. The SMILES string of the molecule is CCCCC(=O)NC(Cc1ccc(OC)cc1)C(=O)C(=O)C(NN[C@@H](CCC(N)=O)C(=O)N[C@@H](CC(N)=O)C(=O)N[C@@H](CS)C(=O)C(=O)[C@@H]1CCCN1C(=O)[C@@H](N)CC(C)C)[C@@H](C)CC. The molecule has 2 unspecified atom stereocenters. The van der Waals surface area contributed by atoms with E-state index in [4.69, 9.17) is 21.9 Å². The summed E-state index contributed by atoms with van der Waals surface area (Å²) in [6.45, 7) is 9.36. The molecule has 0 saturated carbocycles. The van der Waals surface area contributed by atoms with Crippen molar-refractivity contribution in [1.82, 2.24) is 31.7 Å². The van der Waals surface area contributed by atoms with E-state index in [2.05, 4.69) is 39.4 Å². The highest BCUT2D eigenvalue weighted by molar-refractivity contribution is 7.80. The van der Waals surface area contributed by atoms with E-state index in [1.807, 2.05) is 20.8 Å². The van der Waals surface area contributed by atoms with Crippen molar-refractivity contribution in [2.75, 3.05) is 19.4 Å². The molecule has 21 heteroatoms. The van der Waals surface area contributed by atoms with Crippen molar-refractivity contribution in [3.63, 3.8) is 0 Å². The molecule has 1 aliphatic rings. The first-order chi connectivity index (χ1) is 30.7. The number of nitrogens with zero attached hydrogens (tertiary/aromatic N) is 1. The Balaban J connectivity index is 2.33. The van der Waals surface area contributed by atoms with E-state index >= 15 is 0 Å². The van der Waals surface area contributed by atoms with Crippen molar-refractivity contribution in [2.24, 2.45) is 29.0 Å². The smallest absolute Gasteiger partial charge is 0.243 e. The number of methoxy groups -OCH3 is 1. The van der Waals surface area contributed by atoms with Gasteiger partial charge in [-0.05, 0) is 61.6 Å². The number of thiol groups is 1.